The fourth-order valence-corrected chi connectivity index (χ4v) is 3.01. The van der Waals surface area contributed by atoms with Crippen molar-refractivity contribution >= 4 is 35.0 Å². The molecule has 0 saturated carbocycles. The summed E-state index contributed by atoms with van der Waals surface area (Å²) >= 11 is 14.0. The summed E-state index contributed by atoms with van der Waals surface area (Å²) in [7, 11) is 0. The van der Waals surface area contributed by atoms with E-state index in [9.17, 15) is 0 Å². The van der Waals surface area contributed by atoms with Gasteiger partial charge in [0, 0.05) is 9.79 Å². The number of hydrogen-bond donors (Lipinski definition) is 1. The Morgan fingerprint density at radius 2 is 1.67 bits per heavy atom. The number of hydrogen-bond acceptors (Lipinski definition) is 2. The minimum atomic E-state index is 0.632. The summed E-state index contributed by atoms with van der Waals surface area (Å²) in [5.41, 5.74) is 6.68. The lowest BCUT2D eigenvalue weighted by Gasteiger charge is -2.07. The highest BCUT2D eigenvalue weighted by Crippen LogP contribution is 2.37. The quantitative estimate of drug-likeness (QED) is 0.889. The molecule has 0 aromatic heterocycles. The maximum atomic E-state index is 6.26. The van der Waals surface area contributed by atoms with E-state index in [1.165, 1.54) is 0 Å². The van der Waals surface area contributed by atoms with E-state index < -0.39 is 0 Å². The molecule has 0 amide bonds. The summed E-state index contributed by atoms with van der Waals surface area (Å²) in [5.74, 6) is 0. The first-order valence-corrected chi connectivity index (χ1v) is 7.19. The van der Waals surface area contributed by atoms with Gasteiger partial charge in [0.25, 0.3) is 0 Å². The molecule has 0 bridgehead atoms. The molecule has 94 valence electrons. The smallest absolute Gasteiger partial charge is 0.0548 e. The van der Waals surface area contributed by atoms with Crippen molar-refractivity contribution < 1.29 is 0 Å². The fourth-order valence-electron chi connectivity index (χ4n) is 1.60. The zero-order chi connectivity index (χ0) is 13.0. The molecule has 2 N–H and O–H groups in total. The van der Waals surface area contributed by atoms with Gasteiger partial charge in [0.15, 0.2) is 0 Å². The molecule has 0 unspecified atom stereocenters. The summed E-state index contributed by atoms with van der Waals surface area (Å²) in [5, 5.41) is 1.48. The molecule has 0 aliphatic carbocycles. The second-order valence-corrected chi connectivity index (χ2v) is 5.73. The van der Waals surface area contributed by atoms with Crippen LogP contribution in [-0.4, -0.2) is 6.54 Å². The first-order chi connectivity index (χ1) is 8.70. The molecule has 2 aromatic rings. The van der Waals surface area contributed by atoms with Crippen molar-refractivity contribution in [1.82, 2.24) is 0 Å². The Bertz CT molecular complexity index is 543. The van der Waals surface area contributed by atoms with Crippen LogP contribution in [0.4, 0.5) is 0 Å². The van der Waals surface area contributed by atoms with Gasteiger partial charge >= 0.3 is 0 Å². The molecule has 4 heteroatoms. The number of halogens is 2. The SMILES string of the molecule is NCCc1ccc(Sc2ccccc2Cl)c(Cl)c1. The fraction of sp³-hybridized carbons (Fsp3) is 0.143. The largest absolute Gasteiger partial charge is 0.330 e. The van der Waals surface area contributed by atoms with Gasteiger partial charge < -0.3 is 5.73 Å². The van der Waals surface area contributed by atoms with Crippen molar-refractivity contribution in [3.05, 3.63) is 58.1 Å². The monoisotopic (exact) mass is 297 g/mol. The molecule has 0 saturated heterocycles. The van der Waals surface area contributed by atoms with Crippen molar-refractivity contribution in [1.29, 1.82) is 0 Å². The van der Waals surface area contributed by atoms with E-state index >= 15 is 0 Å². The van der Waals surface area contributed by atoms with Crippen LogP contribution in [0.15, 0.2) is 52.3 Å². The van der Waals surface area contributed by atoms with Gasteiger partial charge in [-0.05, 0) is 42.8 Å². The van der Waals surface area contributed by atoms with Crippen LogP contribution in [0.5, 0.6) is 0 Å². The summed E-state index contributed by atoms with van der Waals surface area (Å²) < 4.78 is 0. The van der Waals surface area contributed by atoms with Gasteiger partial charge in [-0.2, -0.15) is 0 Å². The van der Waals surface area contributed by atoms with Crippen LogP contribution in [-0.2, 0) is 6.42 Å². The lowest BCUT2D eigenvalue weighted by Crippen LogP contribution is -2.02. The van der Waals surface area contributed by atoms with Crippen LogP contribution in [0.3, 0.4) is 0 Å². The third kappa shape index (κ3) is 3.42. The molecule has 2 rings (SSSR count). The van der Waals surface area contributed by atoms with Crippen LogP contribution in [0.1, 0.15) is 5.56 Å². The van der Waals surface area contributed by atoms with Gasteiger partial charge in [0.2, 0.25) is 0 Å². The third-order valence-corrected chi connectivity index (χ3v) is 4.50. The van der Waals surface area contributed by atoms with E-state index in [1.54, 1.807) is 11.8 Å². The Balaban J connectivity index is 2.22. The minimum absolute atomic E-state index is 0.632. The van der Waals surface area contributed by atoms with Gasteiger partial charge in [-0.15, -0.1) is 0 Å². The van der Waals surface area contributed by atoms with Crippen LogP contribution >= 0.6 is 35.0 Å². The Morgan fingerprint density at radius 3 is 2.33 bits per heavy atom. The van der Waals surface area contributed by atoms with Gasteiger partial charge in [-0.25, -0.2) is 0 Å². The zero-order valence-electron chi connectivity index (χ0n) is 9.70. The molecule has 0 radical (unpaired) electrons. The van der Waals surface area contributed by atoms with E-state index in [4.69, 9.17) is 28.9 Å². The highest BCUT2D eigenvalue weighted by Gasteiger charge is 2.06. The normalized spacial score (nSPS) is 10.6. The molecule has 18 heavy (non-hydrogen) atoms. The number of benzene rings is 2. The second kappa shape index (κ2) is 6.48. The molecule has 0 aliphatic rings. The first kappa shape index (κ1) is 13.8. The van der Waals surface area contributed by atoms with Crippen molar-refractivity contribution in [2.75, 3.05) is 6.54 Å². The van der Waals surface area contributed by atoms with Crippen molar-refractivity contribution in [3.63, 3.8) is 0 Å². The zero-order valence-corrected chi connectivity index (χ0v) is 12.0. The Morgan fingerprint density at radius 1 is 0.944 bits per heavy atom. The molecule has 0 aliphatic heterocycles. The van der Waals surface area contributed by atoms with E-state index in [0.29, 0.717) is 6.54 Å². The summed E-state index contributed by atoms with van der Waals surface area (Å²) in [6.45, 7) is 0.632. The van der Waals surface area contributed by atoms with Crippen LogP contribution < -0.4 is 5.73 Å². The molecule has 0 fully saturated rings. The van der Waals surface area contributed by atoms with E-state index in [2.05, 4.69) is 6.07 Å². The molecule has 0 spiro atoms. The number of rotatable bonds is 4. The number of nitrogens with two attached hydrogens (primary N) is 1. The van der Waals surface area contributed by atoms with Crippen LogP contribution in [0.25, 0.3) is 0 Å². The van der Waals surface area contributed by atoms with Crippen molar-refractivity contribution in [2.24, 2.45) is 5.73 Å². The van der Waals surface area contributed by atoms with Gasteiger partial charge in [-0.3, -0.25) is 0 Å². The standard InChI is InChI=1S/C14H13Cl2NS/c15-11-3-1-2-4-13(11)18-14-6-5-10(7-8-17)9-12(14)16/h1-6,9H,7-8,17H2. The lowest BCUT2D eigenvalue weighted by molar-refractivity contribution is 0.966. The molecular formula is C14H13Cl2NS. The third-order valence-electron chi connectivity index (χ3n) is 2.49. The molecule has 2 aromatic carbocycles. The summed E-state index contributed by atoms with van der Waals surface area (Å²) in [6.07, 6.45) is 0.844. The van der Waals surface area contributed by atoms with Gasteiger partial charge in [0.1, 0.15) is 0 Å². The predicted octanol–water partition coefficient (Wildman–Crippen LogP) is 4.65. The minimum Gasteiger partial charge on any atom is -0.330 e. The first-order valence-electron chi connectivity index (χ1n) is 5.61. The molecule has 1 nitrogen and oxygen atoms in total. The average molecular weight is 298 g/mol. The van der Waals surface area contributed by atoms with Crippen LogP contribution in [0, 0.1) is 0 Å². The van der Waals surface area contributed by atoms with Gasteiger partial charge in [-0.1, -0.05) is 53.2 Å². The molecule has 0 atom stereocenters. The highest BCUT2D eigenvalue weighted by atomic mass is 35.5. The van der Waals surface area contributed by atoms with E-state index in [0.717, 1.165) is 31.8 Å². The van der Waals surface area contributed by atoms with E-state index in [1.807, 2.05) is 36.4 Å². The average Bonchev–Trinajstić information content (AvgIpc) is 2.35. The second-order valence-electron chi connectivity index (χ2n) is 3.84. The highest BCUT2D eigenvalue weighted by molar-refractivity contribution is 7.99. The Hall–Kier alpha value is -0.670. The topological polar surface area (TPSA) is 26.0 Å². The van der Waals surface area contributed by atoms with Gasteiger partial charge in [0.05, 0.1) is 10.0 Å². The summed E-state index contributed by atoms with van der Waals surface area (Å²) in [6, 6.07) is 13.8. The summed E-state index contributed by atoms with van der Waals surface area (Å²) in [4.78, 5) is 2.01. The maximum absolute atomic E-state index is 6.26. The van der Waals surface area contributed by atoms with Crippen LogP contribution in [0.2, 0.25) is 10.0 Å². The maximum Gasteiger partial charge on any atom is 0.0548 e. The Labute approximate surface area is 121 Å². The van der Waals surface area contributed by atoms with Crippen molar-refractivity contribution in [2.45, 2.75) is 16.2 Å². The van der Waals surface area contributed by atoms with Crippen molar-refractivity contribution in [3.8, 4) is 0 Å². The molecular weight excluding hydrogens is 285 g/mol. The molecule has 0 heterocycles. The van der Waals surface area contributed by atoms with E-state index in [-0.39, 0.29) is 0 Å². The lowest BCUT2D eigenvalue weighted by atomic mass is 10.1. The Kier molecular flexibility index (Phi) is 4.95. The predicted molar refractivity (Wildman–Crippen MR) is 79.8 cm³/mol.